The van der Waals surface area contributed by atoms with Crippen LogP contribution in [0, 0.1) is 5.92 Å². The van der Waals surface area contributed by atoms with E-state index >= 15 is 0 Å². The number of aliphatic hydroxyl groups is 1. The molecule has 2 N–H and O–H groups in total. The molecule has 0 aliphatic carbocycles. The molecule has 1 aliphatic heterocycles. The third-order valence-corrected chi connectivity index (χ3v) is 7.29. The Kier molecular flexibility index (Phi) is 3.71. The van der Waals surface area contributed by atoms with Crippen molar-refractivity contribution in [2.24, 2.45) is 5.92 Å². The van der Waals surface area contributed by atoms with Crippen molar-refractivity contribution in [3.8, 4) is 0 Å². The molecule has 0 spiro atoms. The Hall–Kier alpha value is 0.162. The lowest BCUT2D eigenvalue weighted by Crippen LogP contribution is -2.42. The third-order valence-electron chi connectivity index (χ3n) is 3.78. The smallest absolute Gasteiger partial charge is 0.188 e. The predicted octanol–water partition coefficient (Wildman–Crippen LogP) is 0.856. The average molecular weight is 228 g/mol. The molecule has 1 rings (SSSR count). The molecule has 0 aromatic heterocycles. The monoisotopic (exact) mass is 228 g/mol. The second kappa shape index (κ2) is 4.20. The lowest BCUT2D eigenvalue weighted by atomic mass is 9.80. The molecule has 2 unspecified atom stereocenters. The first kappa shape index (κ1) is 13.2. The Morgan fingerprint density at radius 3 is 2.33 bits per heavy atom. The summed E-state index contributed by atoms with van der Waals surface area (Å²) in [6.07, 6.45) is 0.223. The van der Waals surface area contributed by atoms with Gasteiger partial charge in [0.1, 0.15) is 7.85 Å². The summed E-state index contributed by atoms with van der Waals surface area (Å²) in [7, 11) is 3.54. The van der Waals surface area contributed by atoms with Gasteiger partial charge in [-0.2, -0.15) is 0 Å². The van der Waals surface area contributed by atoms with E-state index in [0.717, 1.165) is 0 Å². The predicted molar refractivity (Wildman–Crippen MR) is 63.3 cm³/mol. The van der Waals surface area contributed by atoms with Gasteiger partial charge in [-0.15, -0.1) is 0 Å². The molecule has 1 fully saturated rings. The van der Waals surface area contributed by atoms with Crippen molar-refractivity contribution >= 4 is 16.2 Å². The van der Waals surface area contributed by atoms with Crippen LogP contribution >= 0.6 is 0 Å². The van der Waals surface area contributed by atoms with Gasteiger partial charge in [-0.25, -0.2) is 0 Å². The molecule has 0 amide bonds. The molecule has 0 bridgehead atoms. The molecule has 3 nitrogen and oxygen atoms in total. The van der Waals surface area contributed by atoms with Crippen LogP contribution in [0.5, 0.6) is 0 Å². The number of hydrogen-bond acceptors (Lipinski definition) is 3. The molecule has 0 aromatic rings. The molecule has 5 heteroatoms. The van der Waals surface area contributed by atoms with E-state index in [4.69, 9.17) is 12.6 Å². The number of rotatable bonds is 3. The van der Waals surface area contributed by atoms with Crippen molar-refractivity contribution in [3.63, 3.8) is 0 Å². The highest BCUT2D eigenvalue weighted by Crippen LogP contribution is 2.44. The maximum absolute atomic E-state index is 10.2. The molecule has 2 radical (unpaired) electrons. The first-order chi connectivity index (χ1) is 6.65. The molecule has 1 saturated heterocycles. The van der Waals surface area contributed by atoms with E-state index in [9.17, 15) is 9.90 Å². The van der Waals surface area contributed by atoms with Crippen molar-refractivity contribution < 1.29 is 14.6 Å². The van der Waals surface area contributed by atoms with E-state index in [-0.39, 0.29) is 11.0 Å². The Labute approximate surface area is 94.4 Å². The summed E-state index contributed by atoms with van der Waals surface area (Å²) >= 11 is 0. The van der Waals surface area contributed by atoms with Gasteiger partial charge < -0.3 is 14.6 Å². The van der Waals surface area contributed by atoms with Gasteiger partial charge in [0.05, 0.1) is 12.7 Å². The molecule has 86 valence electrons. The summed E-state index contributed by atoms with van der Waals surface area (Å²) in [5.74, 6) is -0.0566. The lowest BCUT2D eigenvalue weighted by Gasteiger charge is -2.38. The zero-order chi connectivity index (χ0) is 11.9. The molecule has 0 saturated carbocycles. The largest absolute Gasteiger partial charge is 0.432 e. The first-order valence-corrected chi connectivity index (χ1v) is 8.37. The van der Waals surface area contributed by atoms with Crippen molar-refractivity contribution in [1.29, 1.82) is 0 Å². The number of ether oxygens (including phenoxy) is 1. The van der Waals surface area contributed by atoms with Gasteiger partial charge in [-0.05, 0) is 24.6 Å². The minimum absolute atomic E-state index is 0.0566. The fraction of sp³-hybridized carbons (Fsp3) is 1.00. The SMILES string of the molecule is [B][C@@H]1OCC(O)C1CC(C)(C)[Si](C)(C)O. The van der Waals surface area contributed by atoms with Crippen LogP contribution in [-0.4, -0.2) is 44.8 Å². The van der Waals surface area contributed by atoms with Crippen molar-refractivity contribution in [2.45, 2.75) is 50.5 Å². The van der Waals surface area contributed by atoms with Gasteiger partial charge in [0.2, 0.25) is 0 Å². The van der Waals surface area contributed by atoms with E-state index in [2.05, 4.69) is 0 Å². The minimum Gasteiger partial charge on any atom is -0.432 e. The van der Waals surface area contributed by atoms with E-state index in [1.54, 1.807) is 0 Å². The minimum atomic E-state index is -2.23. The third kappa shape index (κ3) is 2.84. The molecule has 1 heterocycles. The first-order valence-electron chi connectivity index (χ1n) is 5.43. The zero-order valence-corrected chi connectivity index (χ0v) is 11.0. The summed E-state index contributed by atoms with van der Waals surface area (Å²) in [4.78, 5) is 10.2. The van der Waals surface area contributed by atoms with E-state index in [0.29, 0.717) is 13.0 Å². The zero-order valence-electron chi connectivity index (χ0n) is 10.0. The van der Waals surface area contributed by atoms with E-state index in [1.807, 2.05) is 26.9 Å². The molecule has 1 aliphatic rings. The highest BCUT2D eigenvalue weighted by atomic mass is 28.4. The normalized spacial score (nSPS) is 33.3. The van der Waals surface area contributed by atoms with Crippen LogP contribution in [0.1, 0.15) is 20.3 Å². The maximum atomic E-state index is 10.2. The second-order valence-corrected chi connectivity index (χ2v) is 10.1. The van der Waals surface area contributed by atoms with Crippen LogP contribution in [0.4, 0.5) is 0 Å². The van der Waals surface area contributed by atoms with Crippen LogP contribution in [0.3, 0.4) is 0 Å². The van der Waals surface area contributed by atoms with Crippen LogP contribution in [0.25, 0.3) is 0 Å². The van der Waals surface area contributed by atoms with Gasteiger partial charge in [0.25, 0.3) is 0 Å². The van der Waals surface area contributed by atoms with Crippen LogP contribution in [0.2, 0.25) is 18.1 Å². The van der Waals surface area contributed by atoms with Gasteiger partial charge in [-0.1, -0.05) is 13.8 Å². The highest BCUT2D eigenvalue weighted by Gasteiger charge is 2.44. The van der Waals surface area contributed by atoms with Crippen LogP contribution in [0.15, 0.2) is 0 Å². The fourth-order valence-electron chi connectivity index (χ4n) is 1.77. The molecule has 3 atom stereocenters. The Morgan fingerprint density at radius 1 is 1.47 bits per heavy atom. The summed E-state index contributed by atoms with van der Waals surface area (Å²) in [6, 6.07) is -0.393. The highest BCUT2D eigenvalue weighted by molar-refractivity contribution is 6.72. The van der Waals surface area contributed by atoms with Gasteiger partial charge >= 0.3 is 0 Å². The van der Waals surface area contributed by atoms with Crippen molar-refractivity contribution in [1.82, 2.24) is 0 Å². The summed E-state index contributed by atoms with van der Waals surface area (Å²) in [5, 5.41) is 9.55. The molecular formula is C10H21BO3Si. The van der Waals surface area contributed by atoms with E-state index in [1.165, 1.54) is 0 Å². The summed E-state index contributed by atoms with van der Waals surface area (Å²) in [5.41, 5.74) is 0. The molecular weight excluding hydrogens is 207 g/mol. The fourth-order valence-corrected chi connectivity index (χ4v) is 2.50. The van der Waals surface area contributed by atoms with Gasteiger partial charge in [-0.3, -0.25) is 0 Å². The second-order valence-electron chi connectivity index (χ2n) is 5.68. The molecule has 0 aromatic carbocycles. The lowest BCUT2D eigenvalue weighted by molar-refractivity contribution is 0.112. The summed E-state index contributed by atoms with van der Waals surface area (Å²) < 4.78 is 5.20. The Bertz CT molecular complexity index is 217. The summed E-state index contributed by atoms with van der Waals surface area (Å²) in [6.45, 7) is 8.23. The van der Waals surface area contributed by atoms with Gasteiger partial charge in [0, 0.05) is 11.9 Å². The standard InChI is InChI=1S/C10H21BO3Si/c1-10(2,15(3,4)13)5-7-8(12)6-14-9(7)11/h7-9,12-13H,5-6H2,1-4H3/t7?,8?,9-/m1/s1. The number of aliphatic hydroxyl groups excluding tert-OH is 1. The van der Waals surface area contributed by atoms with Crippen molar-refractivity contribution in [2.75, 3.05) is 6.61 Å². The quantitative estimate of drug-likeness (QED) is 0.704. The van der Waals surface area contributed by atoms with Crippen LogP contribution < -0.4 is 0 Å². The molecule has 15 heavy (non-hydrogen) atoms. The Morgan fingerprint density at radius 2 is 2.00 bits per heavy atom. The number of hydrogen-bond donors (Lipinski definition) is 2. The van der Waals surface area contributed by atoms with Crippen molar-refractivity contribution in [3.05, 3.63) is 0 Å². The Balaban J connectivity index is 2.68. The topological polar surface area (TPSA) is 49.7 Å². The maximum Gasteiger partial charge on any atom is 0.188 e. The van der Waals surface area contributed by atoms with Gasteiger partial charge in [0.15, 0.2) is 8.32 Å². The average Bonchev–Trinajstić information content (AvgIpc) is 2.33. The van der Waals surface area contributed by atoms with E-state index < -0.39 is 20.4 Å². The van der Waals surface area contributed by atoms with Crippen LogP contribution in [-0.2, 0) is 4.74 Å².